The standard InChI is InChI=1S/C21H19ClN4O3S/c1-11-4-5-12(22)6-14(11)25-18(27)9-30-21-20-19(23-10-24-21)13-7-16(28-2)17(29-3)8-15(13)26-20/h4-8,10,26H,9H2,1-3H3,(H,25,27). The number of halogens is 1. The molecule has 2 aromatic heterocycles. The number of rotatable bonds is 6. The van der Waals surface area contributed by atoms with Gasteiger partial charge in [-0.2, -0.15) is 0 Å². The number of aryl methyl sites for hydroxylation is 1. The molecule has 0 saturated heterocycles. The van der Waals surface area contributed by atoms with Crippen molar-refractivity contribution in [2.45, 2.75) is 11.9 Å². The molecule has 0 aliphatic heterocycles. The molecule has 1 amide bonds. The number of amides is 1. The lowest BCUT2D eigenvalue weighted by molar-refractivity contribution is -0.113. The minimum absolute atomic E-state index is 0.142. The second kappa shape index (κ2) is 8.41. The highest BCUT2D eigenvalue weighted by atomic mass is 35.5. The number of aromatic nitrogens is 3. The number of thioether (sulfide) groups is 1. The van der Waals surface area contributed by atoms with Crippen LogP contribution in [0.2, 0.25) is 5.02 Å². The summed E-state index contributed by atoms with van der Waals surface area (Å²) in [4.78, 5) is 24.6. The Hall–Kier alpha value is -2.97. The van der Waals surface area contributed by atoms with Crippen molar-refractivity contribution in [2.24, 2.45) is 0 Å². The number of H-pyrrole nitrogens is 1. The number of ether oxygens (including phenoxy) is 2. The number of aromatic amines is 1. The molecule has 0 spiro atoms. The van der Waals surface area contributed by atoms with Crippen LogP contribution in [0, 0.1) is 6.92 Å². The van der Waals surface area contributed by atoms with E-state index in [0.29, 0.717) is 27.2 Å². The van der Waals surface area contributed by atoms with Crippen LogP contribution in [0.15, 0.2) is 41.7 Å². The monoisotopic (exact) mass is 442 g/mol. The number of nitrogens with one attached hydrogen (secondary N) is 2. The van der Waals surface area contributed by atoms with E-state index in [1.165, 1.54) is 18.1 Å². The van der Waals surface area contributed by atoms with Crippen LogP contribution < -0.4 is 14.8 Å². The number of nitrogens with zero attached hydrogens (tertiary/aromatic N) is 2. The van der Waals surface area contributed by atoms with Crippen LogP contribution in [0.4, 0.5) is 5.69 Å². The molecule has 30 heavy (non-hydrogen) atoms. The summed E-state index contributed by atoms with van der Waals surface area (Å²) in [5.41, 5.74) is 4.02. The first-order valence-electron chi connectivity index (χ1n) is 9.07. The van der Waals surface area contributed by atoms with E-state index in [-0.39, 0.29) is 11.7 Å². The second-order valence-electron chi connectivity index (χ2n) is 6.58. The summed E-state index contributed by atoms with van der Waals surface area (Å²) in [7, 11) is 3.18. The van der Waals surface area contributed by atoms with E-state index in [9.17, 15) is 4.79 Å². The number of anilines is 1. The van der Waals surface area contributed by atoms with E-state index in [4.69, 9.17) is 21.1 Å². The Bertz CT molecular complexity index is 1260. The average molecular weight is 443 g/mol. The predicted molar refractivity (Wildman–Crippen MR) is 120 cm³/mol. The SMILES string of the molecule is COc1cc2[nH]c3c(SCC(=O)Nc4cc(Cl)ccc4C)ncnc3c2cc1OC. The van der Waals surface area contributed by atoms with Gasteiger partial charge in [0.25, 0.3) is 0 Å². The first-order chi connectivity index (χ1) is 14.5. The van der Waals surface area contributed by atoms with Gasteiger partial charge in [-0.25, -0.2) is 9.97 Å². The molecule has 0 atom stereocenters. The van der Waals surface area contributed by atoms with Gasteiger partial charge in [-0.15, -0.1) is 0 Å². The minimum atomic E-state index is -0.142. The maximum Gasteiger partial charge on any atom is 0.234 e. The van der Waals surface area contributed by atoms with E-state index in [2.05, 4.69) is 20.3 Å². The van der Waals surface area contributed by atoms with Crippen LogP contribution in [-0.2, 0) is 4.79 Å². The lowest BCUT2D eigenvalue weighted by Crippen LogP contribution is -2.15. The van der Waals surface area contributed by atoms with Crippen LogP contribution in [0.25, 0.3) is 21.9 Å². The molecule has 0 fully saturated rings. The van der Waals surface area contributed by atoms with Gasteiger partial charge in [0, 0.05) is 22.2 Å². The van der Waals surface area contributed by atoms with Crippen LogP contribution in [-0.4, -0.2) is 40.8 Å². The zero-order chi connectivity index (χ0) is 21.3. The van der Waals surface area contributed by atoms with Gasteiger partial charge in [0.1, 0.15) is 16.9 Å². The van der Waals surface area contributed by atoms with Crippen molar-refractivity contribution in [3.63, 3.8) is 0 Å². The summed E-state index contributed by atoms with van der Waals surface area (Å²) in [6.45, 7) is 1.92. The molecule has 2 heterocycles. The number of hydrogen-bond acceptors (Lipinski definition) is 6. The Labute approximate surface area is 182 Å². The van der Waals surface area contributed by atoms with Crippen molar-refractivity contribution in [1.29, 1.82) is 0 Å². The first-order valence-corrected chi connectivity index (χ1v) is 10.4. The van der Waals surface area contributed by atoms with E-state index in [1.807, 2.05) is 25.1 Å². The van der Waals surface area contributed by atoms with Crippen molar-refractivity contribution in [3.05, 3.63) is 47.2 Å². The van der Waals surface area contributed by atoms with E-state index in [1.54, 1.807) is 26.4 Å². The van der Waals surface area contributed by atoms with Gasteiger partial charge in [-0.1, -0.05) is 29.4 Å². The fraction of sp³-hybridized carbons (Fsp3) is 0.190. The van der Waals surface area contributed by atoms with Gasteiger partial charge < -0.3 is 19.8 Å². The zero-order valence-corrected chi connectivity index (χ0v) is 18.1. The summed E-state index contributed by atoms with van der Waals surface area (Å²) in [5.74, 6) is 1.29. The second-order valence-corrected chi connectivity index (χ2v) is 7.98. The number of hydrogen-bond donors (Lipinski definition) is 2. The first kappa shape index (κ1) is 20.3. The Balaban J connectivity index is 1.60. The zero-order valence-electron chi connectivity index (χ0n) is 16.6. The summed E-state index contributed by atoms with van der Waals surface area (Å²) >= 11 is 7.36. The predicted octanol–water partition coefficient (Wildman–Crippen LogP) is 4.82. The van der Waals surface area contributed by atoms with E-state index in [0.717, 1.165) is 27.5 Å². The normalized spacial score (nSPS) is 11.1. The third kappa shape index (κ3) is 3.88. The van der Waals surface area contributed by atoms with Crippen molar-refractivity contribution < 1.29 is 14.3 Å². The highest BCUT2D eigenvalue weighted by Gasteiger charge is 2.16. The fourth-order valence-corrected chi connectivity index (χ4v) is 4.08. The lowest BCUT2D eigenvalue weighted by atomic mass is 10.2. The fourth-order valence-electron chi connectivity index (χ4n) is 3.16. The summed E-state index contributed by atoms with van der Waals surface area (Å²) < 4.78 is 10.8. The molecule has 2 aromatic carbocycles. The third-order valence-corrected chi connectivity index (χ3v) is 5.89. The van der Waals surface area contributed by atoms with Gasteiger partial charge in [0.05, 0.1) is 31.0 Å². The van der Waals surface area contributed by atoms with Crippen LogP contribution in [0.3, 0.4) is 0 Å². The van der Waals surface area contributed by atoms with Crippen LogP contribution in [0.5, 0.6) is 11.5 Å². The van der Waals surface area contributed by atoms with Gasteiger partial charge in [-0.05, 0) is 30.7 Å². The topological polar surface area (TPSA) is 89.1 Å². The third-order valence-electron chi connectivity index (χ3n) is 4.66. The molecule has 7 nitrogen and oxygen atoms in total. The molecule has 0 saturated carbocycles. The van der Waals surface area contributed by atoms with Crippen molar-refractivity contribution in [3.8, 4) is 11.5 Å². The lowest BCUT2D eigenvalue weighted by Gasteiger charge is -2.08. The number of benzene rings is 2. The molecule has 2 N–H and O–H groups in total. The summed E-state index contributed by atoms with van der Waals surface area (Å²) in [6, 6.07) is 9.13. The average Bonchev–Trinajstić information content (AvgIpc) is 3.11. The maximum atomic E-state index is 12.5. The van der Waals surface area contributed by atoms with E-state index >= 15 is 0 Å². The summed E-state index contributed by atoms with van der Waals surface area (Å²) in [5, 5.41) is 5.05. The Morgan fingerprint density at radius 1 is 1.17 bits per heavy atom. The molecular formula is C21H19ClN4O3S. The molecule has 0 bridgehead atoms. The Morgan fingerprint density at radius 2 is 1.93 bits per heavy atom. The highest BCUT2D eigenvalue weighted by molar-refractivity contribution is 8.00. The van der Waals surface area contributed by atoms with Gasteiger partial charge in [0.15, 0.2) is 11.5 Å². The number of carbonyl (C=O) groups excluding carboxylic acids is 1. The quantitative estimate of drug-likeness (QED) is 0.328. The van der Waals surface area contributed by atoms with Gasteiger partial charge in [-0.3, -0.25) is 4.79 Å². The molecule has 4 aromatic rings. The van der Waals surface area contributed by atoms with Gasteiger partial charge >= 0.3 is 0 Å². The van der Waals surface area contributed by atoms with Crippen molar-refractivity contribution in [1.82, 2.24) is 15.0 Å². The molecule has 9 heteroatoms. The largest absolute Gasteiger partial charge is 0.493 e. The highest BCUT2D eigenvalue weighted by Crippen LogP contribution is 2.36. The molecule has 4 rings (SSSR count). The number of methoxy groups -OCH3 is 2. The van der Waals surface area contributed by atoms with Gasteiger partial charge in [0.2, 0.25) is 5.91 Å². The molecule has 0 aliphatic rings. The van der Waals surface area contributed by atoms with Crippen molar-refractivity contribution in [2.75, 3.05) is 25.3 Å². The maximum absolute atomic E-state index is 12.5. The van der Waals surface area contributed by atoms with Crippen LogP contribution in [0.1, 0.15) is 5.56 Å². The van der Waals surface area contributed by atoms with E-state index < -0.39 is 0 Å². The number of carbonyl (C=O) groups is 1. The number of fused-ring (bicyclic) bond motifs is 3. The Kier molecular flexibility index (Phi) is 5.69. The van der Waals surface area contributed by atoms with Crippen LogP contribution >= 0.6 is 23.4 Å². The molecule has 0 aliphatic carbocycles. The van der Waals surface area contributed by atoms with Crippen molar-refractivity contribution >= 4 is 56.9 Å². The smallest absolute Gasteiger partial charge is 0.234 e. The summed E-state index contributed by atoms with van der Waals surface area (Å²) in [6.07, 6.45) is 1.49. The molecule has 0 radical (unpaired) electrons. The molecule has 154 valence electrons. The molecular weight excluding hydrogens is 424 g/mol. The molecule has 0 unspecified atom stereocenters. The Morgan fingerprint density at radius 3 is 2.70 bits per heavy atom. The minimum Gasteiger partial charge on any atom is -0.493 e.